The molecule has 1 saturated carbocycles. The minimum Gasteiger partial charge on any atom is -0.381 e. The van der Waals surface area contributed by atoms with E-state index in [1.54, 1.807) is 16.4 Å². The molecule has 0 atom stereocenters. The molecule has 1 aliphatic carbocycles. The van der Waals surface area contributed by atoms with Crippen LogP contribution in [0.25, 0.3) is 0 Å². The maximum Gasteiger partial charge on any atom is 0.243 e. The highest BCUT2D eigenvalue weighted by molar-refractivity contribution is 14.0. The number of hydrogen-bond acceptors (Lipinski definition) is 4. The molecule has 1 aromatic carbocycles. The van der Waals surface area contributed by atoms with Gasteiger partial charge in [-0.3, -0.25) is 0 Å². The monoisotopic (exact) mass is 550 g/mol. The molecular weight excluding hydrogens is 515 g/mol. The first-order chi connectivity index (χ1) is 14.1. The Bertz CT molecular complexity index is 761. The Balaban J connectivity index is 0.00000320. The quantitative estimate of drug-likeness (QED) is 0.192. The molecule has 0 bridgehead atoms. The topological polar surface area (TPSA) is 83.0 Å². The number of nitrogens with zero attached hydrogens (tertiary/aromatic N) is 2. The number of nitrogens with one attached hydrogen (secondary N) is 2. The Morgan fingerprint density at radius 2 is 1.87 bits per heavy atom. The molecule has 3 rings (SSSR count). The largest absolute Gasteiger partial charge is 0.381 e. The van der Waals surface area contributed by atoms with Crippen LogP contribution in [0.2, 0.25) is 0 Å². The Hall–Kier alpha value is -0.910. The summed E-state index contributed by atoms with van der Waals surface area (Å²) in [6.07, 6.45) is 5.47. The molecule has 9 heteroatoms. The van der Waals surface area contributed by atoms with E-state index in [2.05, 4.69) is 15.6 Å². The highest BCUT2D eigenvalue weighted by Crippen LogP contribution is 2.28. The summed E-state index contributed by atoms with van der Waals surface area (Å²) in [5.74, 6) is 1.57. The van der Waals surface area contributed by atoms with Gasteiger partial charge in [-0.15, -0.1) is 24.0 Å². The third kappa shape index (κ3) is 7.97. The number of sulfonamides is 1. The second-order valence-corrected chi connectivity index (χ2v) is 9.69. The first kappa shape index (κ1) is 25.4. The Kier molecular flexibility index (Phi) is 10.8. The van der Waals surface area contributed by atoms with Crippen LogP contribution in [-0.4, -0.2) is 58.1 Å². The van der Waals surface area contributed by atoms with Gasteiger partial charge >= 0.3 is 0 Å². The van der Waals surface area contributed by atoms with Gasteiger partial charge in [0.25, 0.3) is 0 Å². The zero-order chi connectivity index (χ0) is 20.5. The summed E-state index contributed by atoms with van der Waals surface area (Å²) in [4.78, 5) is 4.97. The molecule has 1 aliphatic heterocycles. The van der Waals surface area contributed by atoms with E-state index in [4.69, 9.17) is 4.74 Å². The maximum atomic E-state index is 12.6. The van der Waals surface area contributed by atoms with Crippen molar-refractivity contribution < 1.29 is 13.2 Å². The lowest BCUT2D eigenvalue weighted by Crippen LogP contribution is -2.38. The van der Waals surface area contributed by atoms with Crippen LogP contribution in [0.5, 0.6) is 0 Å². The van der Waals surface area contributed by atoms with Crippen LogP contribution in [0.3, 0.4) is 0 Å². The molecular formula is C21H35IN4O3S. The van der Waals surface area contributed by atoms with Crippen LogP contribution in [0, 0.1) is 5.92 Å². The average molecular weight is 551 g/mol. The van der Waals surface area contributed by atoms with Crippen LogP contribution < -0.4 is 10.6 Å². The normalized spacial score (nSPS) is 17.6. The van der Waals surface area contributed by atoms with Crippen LogP contribution >= 0.6 is 24.0 Å². The fraction of sp³-hybridized carbons (Fsp3) is 0.667. The van der Waals surface area contributed by atoms with E-state index in [1.165, 1.54) is 12.8 Å². The Morgan fingerprint density at radius 1 is 1.17 bits per heavy atom. The van der Waals surface area contributed by atoms with Crippen molar-refractivity contribution in [2.45, 2.75) is 50.5 Å². The maximum absolute atomic E-state index is 12.6. The summed E-state index contributed by atoms with van der Waals surface area (Å²) in [7, 11) is -3.36. The van der Waals surface area contributed by atoms with E-state index in [0.717, 1.165) is 63.0 Å². The van der Waals surface area contributed by atoms with Gasteiger partial charge in [0.2, 0.25) is 10.0 Å². The number of halogens is 1. The zero-order valence-electron chi connectivity index (χ0n) is 17.8. The number of hydrogen-bond donors (Lipinski definition) is 2. The van der Waals surface area contributed by atoms with Gasteiger partial charge in [-0.05, 0) is 62.6 Å². The predicted octanol–water partition coefficient (Wildman–Crippen LogP) is 2.96. The van der Waals surface area contributed by atoms with Crippen molar-refractivity contribution >= 4 is 40.0 Å². The fourth-order valence-electron chi connectivity index (χ4n) is 3.27. The molecule has 170 valence electrons. The smallest absolute Gasteiger partial charge is 0.243 e. The molecule has 2 fully saturated rings. The lowest BCUT2D eigenvalue weighted by Gasteiger charge is -2.15. The summed E-state index contributed by atoms with van der Waals surface area (Å²) >= 11 is 0. The molecule has 1 aromatic rings. The SMILES string of the molecule is CCNC(=NCc1ccc(S(=O)(=O)N2CCCC2)cc1)NCCCOCC1CC1.I. The molecule has 2 N–H and O–H groups in total. The average Bonchev–Trinajstić information content (AvgIpc) is 3.37. The van der Waals surface area contributed by atoms with E-state index in [9.17, 15) is 8.42 Å². The number of aliphatic imine (C=N–C) groups is 1. The second-order valence-electron chi connectivity index (χ2n) is 7.75. The van der Waals surface area contributed by atoms with Crippen molar-refractivity contribution in [1.29, 1.82) is 0 Å². The first-order valence-corrected chi connectivity index (χ1v) is 12.2. The summed E-state index contributed by atoms with van der Waals surface area (Å²) in [5, 5.41) is 6.56. The van der Waals surface area contributed by atoms with Crippen LogP contribution in [0.4, 0.5) is 0 Å². The molecule has 2 aliphatic rings. The van der Waals surface area contributed by atoms with Crippen molar-refractivity contribution in [1.82, 2.24) is 14.9 Å². The molecule has 30 heavy (non-hydrogen) atoms. The van der Waals surface area contributed by atoms with E-state index in [-0.39, 0.29) is 24.0 Å². The summed E-state index contributed by atoms with van der Waals surface area (Å²) in [5.41, 5.74) is 0.982. The molecule has 1 heterocycles. The van der Waals surface area contributed by atoms with Crippen molar-refractivity contribution in [2.24, 2.45) is 10.9 Å². The van der Waals surface area contributed by atoms with E-state index >= 15 is 0 Å². The van der Waals surface area contributed by atoms with Crippen LogP contribution in [-0.2, 0) is 21.3 Å². The fourth-order valence-corrected chi connectivity index (χ4v) is 4.79. The van der Waals surface area contributed by atoms with Crippen LogP contribution in [0.15, 0.2) is 34.2 Å². The van der Waals surface area contributed by atoms with Gasteiger partial charge in [0, 0.05) is 39.4 Å². The molecule has 0 radical (unpaired) electrons. The third-order valence-corrected chi connectivity index (χ3v) is 7.11. The molecule has 0 aromatic heterocycles. The Morgan fingerprint density at radius 3 is 2.50 bits per heavy atom. The molecule has 1 saturated heterocycles. The molecule has 0 amide bonds. The Labute approximate surface area is 198 Å². The van der Waals surface area contributed by atoms with Crippen LogP contribution in [0.1, 0.15) is 44.6 Å². The lowest BCUT2D eigenvalue weighted by molar-refractivity contribution is 0.123. The number of rotatable bonds is 11. The summed E-state index contributed by atoms with van der Waals surface area (Å²) < 4.78 is 32.4. The minimum atomic E-state index is -3.36. The number of ether oxygens (including phenoxy) is 1. The highest BCUT2D eigenvalue weighted by Gasteiger charge is 2.26. The molecule has 0 spiro atoms. The molecule has 7 nitrogen and oxygen atoms in total. The van der Waals surface area contributed by atoms with Gasteiger partial charge in [-0.1, -0.05) is 12.1 Å². The van der Waals surface area contributed by atoms with Gasteiger partial charge in [0.15, 0.2) is 5.96 Å². The zero-order valence-corrected chi connectivity index (χ0v) is 21.0. The van der Waals surface area contributed by atoms with E-state index < -0.39 is 10.0 Å². The van der Waals surface area contributed by atoms with Crippen molar-refractivity contribution in [3.63, 3.8) is 0 Å². The van der Waals surface area contributed by atoms with Crippen molar-refractivity contribution in [3.05, 3.63) is 29.8 Å². The van der Waals surface area contributed by atoms with Crippen molar-refractivity contribution in [2.75, 3.05) is 39.4 Å². The lowest BCUT2D eigenvalue weighted by atomic mass is 10.2. The van der Waals surface area contributed by atoms with Gasteiger partial charge in [0.1, 0.15) is 0 Å². The molecule has 0 unspecified atom stereocenters. The van der Waals surface area contributed by atoms with Gasteiger partial charge in [0.05, 0.1) is 11.4 Å². The third-order valence-electron chi connectivity index (χ3n) is 5.20. The number of benzene rings is 1. The standard InChI is InChI=1S/C21H34N4O3S.HI/c1-2-22-21(23-12-5-15-28-17-19-6-7-19)24-16-18-8-10-20(11-9-18)29(26,27)25-13-3-4-14-25;/h8-11,19H,2-7,12-17H2,1H3,(H2,22,23,24);1H. The summed E-state index contributed by atoms with van der Waals surface area (Å²) in [6.45, 7) is 7.05. The van der Waals surface area contributed by atoms with Gasteiger partial charge < -0.3 is 15.4 Å². The number of guanidine groups is 1. The predicted molar refractivity (Wildman–Crippen MR) is 131 cm³/mol. The minimum absolute atomic E-state index is 0. The van der Waals surface area contributed by atoms with E-state index in [1.807, 2.05) is 19.1 Å². The summed E-state index contributed by atoms with van der Waals surface area (Å²) in [6, 6.07) is 7.08. The van der Waals surface area contributed by atoms with Gasteiger partial charge in [-0.25, -0.2) is 13.4 Å². The van der Waals surface area contributed by atoms with Gasteiger partial charge in [-0.2, -0.15) is 4.31 Å². The first-order valence-electron chi connectivity index (χ1n) is 10.8. The van der Waals surface area contributed by atoms with Crippen molar-refractivity contribution in [3.8, 4) is 0 Å². The highest BCUT2D eigenvalue weighted by atomic mass is 127. The second kappa shape index (κ2) is 12.8. The van der Waals surface area contributed by atoms with E-state index in [0.29, 0.717) is 24.5 Å².